The Kier molecular flexibility index (Phi) is 6.35. The maximum Gasteiger partial charge on any atom is 0.200 e. The molecule has 0 amide bonds. The van der Waals surface area contributed by atoms with Crippen LogP contribution in [0.1, 0.15) is 26.2 Å². The van der Waals surface area contributed by atoms with Crippen molar-refractivity contribution in [3.63, 3.8) is 0 Å². The van der Waals surface area contributed by atoms with Crippen LogP contribution in [0, 0.1) is 5.92 Å². The van der Waals surface area contributed by atoms with Gasteiger partial charge >= 0.3 is 0 Å². The third-order valence-electron chi connectivity index (χ3n) is 3.54. The van der Waals surface area contributed by atoms with Crippen molar-refractivity contribution in [3.8, 4) is 0 Å². The minimum Gasteiger partial charge on any atom is -0.491 e. The average molecular weight is 292 g/mol. The first-order valence-corrected chi connectivity index (χ1v) is 7.01. The second kappa shape index (κ2) is 7.77. The fourth-order valence-corrected chi connectivity index (χ4v) is 1.86. The van der Waals surface area contributed by atoms with Crippen molar-refractivity contribution in [2.75, 3.05) is 6.61 Å². The summed E-state index contributed by atoms with van der Waals surface area (Å²) in [5.74, 6) is -2.09. The van der Waals surface area contributed by atoms with Crippen LogP contribution in [0.25, 0.3) is 0 Å². The highest BCUT2D eigenvalue weighted by molar-refractivity contribution is 5.49. The normalized spacial score (nSPS) is 16.1. The van der Waals surface area contributed by atoms with Crippen LogP contribution in [0.5, 0.6) is 0 Å². The van der Waals surface area contributed by atoms with Crippen LogP contribution < -0.4 is 0 Å². The van der Waals surface area contributed by atoms with Crippen molar-refractivity contribution < 1.29 is 13.5 Å². The van der Waals surface area contributed by atoms with Gasteiger partial charge in [-0.25, -0.2) is 4.39 Å². The lowest BCUT2D eigenvalue weighted by atomic mass is 9.80. The molecule has 1 saturated carbocycles. The van der Waals surface area contributed by atoms with Gasteiger partial charge in [-0.15, -0.1) is 0 Å². The molecule has 0 aromatic carbocycles. The Hall–Kier alpha value is -1.90. The van der Waals surface area contributed by atoms with Gasteiger partial charge in [0, 0.05) is 5.57 Å². The lowest BCUT2D eigenvalue weighted by Crippen LogP contribution is -2.11. The molecule has 0 bridgehead atoms. The molecule has 0 N–H and O–H groups in total. The summed E-state index contributed by atoms with van der Waals surface area (Å²) in [6.45, 7) is 16.4. The van der Waals surface area contributed by atoms with Crippen molar-refractivity contribution in [1.82, 2.24) is 0 Å². The maximum atomic E-state index is 13.9. The van der Waals surface area contributed by atoms with E-state index in [0.29, 0.717) is 11.5 Å². The molecule has 0 radical (unpaired) electrons. The van der Waals surface area contributed by atoms with Crippen LogP contribution in [0.15, 0.2) is 72.6 Å². The van der Waals surface area contributed by atoms with Gasteiger partial charge in [0.05, 0.1) is 6.61 Å². The number of halogens is 2. The van der Waals surface area contributed by atoms with Crippen LogP contribution in [-0.2, 0) is 4.74 Å². The standard InChI is InChI=1S/C18H22F2O/c1-6-21-15(5)18(20)17(19)14(4)12(2)10-11-13(3)16-8-7-9-16/h10-11,16H,2-9H2,1H3/b11-10-,18-17-. The number of ether oxygens (including phenoxy) is 1. The summed E-state index contributed by atoms with van der Waals surface area (Å²) in [4.78, 5) is 0. The Morgan fingerprint density at radius 3 is 2.19 bits per heavy atom. The molecule has 114 valence electrons. The fourth-order valence-electron chi connectivity index (χ4n) is 1.86. The molecule has 1 fully saturated rings. The van der Waals surface area contributed by atoms with Crippen LogP contribution in [-0.4, -0.2) is 6.61 Å². The Morgan fingerprint density at radius 1 is 1.10 bits per heavy atom. The predicted molar refractivity (Wildman–Crippen MR) is 83.9 cm³/mol. The van der Waals surface area contributed by atoms with Gasteiger partial charge in [0.2, 0.25) is 5.83 Å². The van der Waals surface area contributed by atoms with Gasteiger partial charge in [0.25, 0.3) is 0 Å². The Bertz CT molecular complexity index is 519. The van der Waals surface area contributed by atoms with Gasteiger partial charge in [-0.2, -0.15) is 4.39 Å². The molecule has 0 heterocycles. The lowest BCUT2D eigenvalue weighted by Gasteiger charge is -2.25. The second-order valence-corrected chi connectivity index (χ2v) is 5.02. The third kappa shape index (κ3) is 4.55. The van der Waals surface area contributed by atoms with Gasteiger partial charge in [0.15, 0.2) is 11.6 Å². The van der Waals surface area contributed by atoms with E-state index in [4.69, 9.17) is 4.74 Å². The summed E-state index contributed by atoms with van der Waals surface area (Å²) in [5.41, 5.74) is 1.16. The molecule has 1 nitrogen and oxygen atoms in total. The van der Waals surface area contributed by atoms with Crippen molar-refractivity contribution in [1.29, 1.82) is 0 Å². The minimum atomic E-state index is -1.14. The molecule has 1 aliphatic rings. The first kappa shape index (κ1) is 17.2. The van der Waals surface area contributed by atoms with Crippen LogP contribution in [0.3, 0.4) is 0 Å². The molecule has 0 spiro atoms. The van der Waals surface area contributed by atoms with E-state index in [1.807, 2.05) is 0 Å². The van der Waals surface area contributed by atoms with E-state index in [9.17, 15) is 8.78 Å². The number of allylic oxidation sites excluding steroid dienone is 7. The molecular weight excluding hydrogens is 270 g/mol. The highest BCUT2D eigenvalue weighted by Crippen LogP contribution is 2.33. The Morgan fingerprint density at radius 2 is 1.71 bits per heavy atom. The molecule has 1 aliphatic carbocycles. The molecule has 21 heavy (non-hydrogen) atoms. The highest BCUT2D eigenvalue weighted by Gasteiger charge is 2.19. The van der Waals surface area contributed by atoms with Gasteiger partial charge in [0.1, 0.15) is 0 Å². The topological polar surface area (TPSA) is 9.23 Å². The molecular formula is C18H22F2O. The molecule has 1 rings (SSSR count). The molecule has 0 atom stereocenters. The molecule has 3 heteroatoms. The summed E-state index contributed by atoms with van der Waals surface area (Å²) >= 11 is 0. The van der Waals surface area contributed by atoms with Crippen LogP contribution in [0.4, 0.5) is 8.78 Å². The monoisotopic (exact) mass is 292 g/mol. The van der Waals surface area contributed by atoms with E-state index in [2.05, 4.69) is 26.3 Å². The van der Waals surface area contributed by atoms with E-state index in [1.54, 1.807) is 19.1 Å². The smallest absolute Gasteiger partial charge is 0.200 e. The van der Waals surface area contributed by atoms with E-state index < -0.39 is 11.7 Å². The van der Waals surface area contributed by atoms with Crippen LogP contribution in [0.2, 0.25) is 0 Å². The Balaban J connectivity index is 2.70. The zero-order valence-electron chi connectivity index (χ0n) is 12.6. The third-order valence-corrected chi connectivity index (χ3v) is 3.54. The van der Waals surface area contributed by atoms with Crippen molar-refractivity contribution in [3.05, 3.63) is 72.6 Å². The SMILES string of the molecule is C=C(/C=C\C(=C)C1CCC1)C(=C)/C(F)=C(/F)C(=C)OCC. The molecule has 0 unspecified atom stereocenters. The molecule has 0 aromatic heterocycles. The highest BCUT2D eigenvalue weighted by atomic mass is 19.2. The summed E-state index contributed by atoms with van der Waals surface area (Å²) in [7, 11) is 0. The van der Waals surface area contributed by atoms with Gasteiger partial charge in [-0.1, -0.05) is 50.5 Å². The van der Waals surface area contributed by atoms with Gasteiger partial charge in [-0.3, -0.25) is 0 Å². The quantitative estimate of drug-likeness (QED) is 0.411. The zero-order valence-corrected chi connectivity index (χ0v) is 12.6. The minimum absolute atomic E-state index is 0.119. The summed E-state index contributed by atoms with van der Waals surface area (Å²) < 4.78 is 32.5. The van der Waals surface area contributed by atoms with Gasteiger partial charge in [-0.05, 0) is 31.3 Å². The second-order valence-electron chi connectivity index (χ2n) is 5.02. The van der Waals surface area contributed by atoms with E-state index in [-0.39, 0.29) is 17.9 Å². The van der Waals surface area contributed by atoms with Crippen LogP contribution >= 0.6 is 0 Å². The molecule has 0 aliphatic heterocycles. The largest absolute Gasteiger partial charge is 0.491 e. The maximum absolute atomic E-state index is 13.9. The zero-order chi connectivity index (χ0) is 16.0. The first-order chi connectivity index (χ1) is 9.88. The number of hydrogen-bond donors (Lipinski definition) is 0. The first-order valence-electron chi connectivity index (χ1n) is 7.01. The van der Waals surface area contributed by atoms with E-state index in [0.717, 1.165) is 18.4 Å². The Labute approximate surface area is 125 Å². The summed E-state index contributed by atoms with van der Waals surface area (Å²) in [6.07, 6.45) is 6.88. The molecule has 0 saturated heterocycles. The number of rotatable bonds is 8. The molecule has 0 aromatic rings. The predicted octanol–water partition coefficient (Wildman–Crippen LogP) is 5.71. The van der Waals surface area contributed by atoms with E-state index >= 15 is 0 Å². The van der Waals surface area contributed by atoms with Crippen molar-refractivity contribution in [2.45, 2.75) is 26.2 Å². The lowest BCUT2D eigenvalue weighted by molar-refractivity contribution is 0.224. The van der Waals surface area contributed by atoms with Crippen molar-refractivity contribution >= 4 is 0 Å². The summed E-state index contributed by atoms with van der Waals surface area (Å²) in [6, 6.07) is 0. The number of hydrogen-bond acceptors (Lipinski definition) is 1. The van der Waals surface area contributed by atoms with Gasteiger partial charge < -0.3 is 4.74 Å². The van der Waals surface area contributed by atoms with E-state index in [1.165, 1.54) is 6.42 Å². The van der Waals surface area contributed by atoms with Crippen molar-refractivity contribution in [2.24, 2.45) is 5.92 Å². The average Bonchev–Trinajstić information content (AvgIpc) is 2.40. The fraction of sp³-hybridized carbons (Fsp3) is 0.333. The summed E-state index contributed by atoms with van der Waals surface area (Å²) in [5, 5.41) is 0.